The van der Waals surface area contributed by atoms with Gasteiger partial charge in [0.2, 0.25) is 5.76 Å². The number of hydrogen-bond acceptors (Lipinski definition) is 8. The van der Waals surface area contributed by atoms with Gasteiger partial charge < -0.3 is 23.8 Å². The summed E-state index contributed by atoms with van der Waals surface area (Å²) in [4.78, 5) is 27.2. The Balaban J connectivity index is 0.000000188. The highest BCUT2D eigenvalue weighted by Crippen LogP contribution is 2.37. The summed E-state index contributed by atoms with van der Waals surface area (Å²) in [6.07, 6.45) is -1.05. The van der Waals surface area contributed by atoms with E-state index in [2.05, 4.69) is 26.2 Å². The summed E-state index contributed by atoms with van der Waals surface area (Å²) in [6.45, 7) is 14.5. The number of pyridine rings is 1. The first kappa shape index (κ1) is 43.7. The lowest BCUT2D eigenvalue weighted by atomic mass is 9.75. The lowest BCUT2D eigenvalue weighted by Gasteiger charge is -2.32. The summed E-state index contributed by atoms with van der Waals surface area (Å²) >= 11 is 8.86. The quantitative estimate of drug-likeness (QED) is 0.0937. The summed E-state index contributed by atoms with van der Waals surface area (Å²) in [7, 11) is 0.973. The van der Waals surface area contributed by atoms with E-state index >= 15 is 0 Å². The molecule has 3 heterocycles. The third-order valence-corrected chi connectivity index (χ3v) is 10.3. The fourth-order valence-electron chi connectivity index (χ4n) is 5.52. The fourth-order valence-corrected chi connectivity index (χ4v) is 6.04. The van der Waals surface area contributed by atoms with Crippen LogP contribution >= 0.6 is 27.5 Å². The minimum Gasteiger partial charge on any atom is -0.468 e. The van der Waals surface area contributed by atoms with Crippen molar-refractivity contribution in [3.05, 3.63) is 130 Å². The maximum Gasteiger partial charge on any atom is 0.494 e. The molecule has 0 unspecified atom stereocenters. The van der Waals surface area contributed by atoms with E-state index in [1.165, 1.54) is 13.2 Å². The summed E-state index contributed by atoms with van der Waals surface area (Å²) in [6, 6.07) is 23.3. The number of nitrogens with zero attached hydrogens (tertiary/aromatic N) is 1. The van der Waals surface area contributed by atoms with E-state index in [1.54, 1.807) is 18.5 Å². The van der Waals surface area contributed by atoms with Gasteiger partial charge in [-0.1, -0.05) is 64.5 Å². The third kappa shape index (κ3) is 11.1. The number of fused-ring (bicyclic) bond motifs is 1. The lowest BCUT2D eigenvalue weighted by molar-refractivity contribution is -0.153. The Labute approximate surface area is 333 Å². The van der Waals surface area contributed by atoms with Gasteiger partial charge in [0, 0.05) is 34.4 Å². The van der Waals surface area contributed by atoms with Crippen molar-refractivity contribution in [2.24, 2.45) is 0 Å². The molecule has 292 valence electrons. The Hall–Kier alpha value is -4.01. The second-order valence-electron chi connectivity index (χ2n) is 14.5. The van der Waals surface area contributed by atoms with E-state index in [0.717, 1.165) is 43.5 Å². The van der Waals surface area contributed by atoms with Crippen molar-refractivity contribution in [3.63, 3.8) is 0 Å². The normalized spacial score (nSPS) is 14.7. The van der Waals surface area contributed by atoms with Gasteiger partial charge >= 0.3 is 19.3 Å². The first-order valence-corrected chi connectivity index (χ1v) is 18.5. The predicted molar refractivity (Wildman–Crippen MR) is 212 cm³/mol. The molecule has 8 nitrogen and oxygen atoms in total. The summed E-state index contributed by atoms with van der Waals surface area (Å²) in [5.41, 5.74) is 2.83. The molecule has 3 aromatic carbocycles. The molecule has 1 aliphatic rings. The number of alkyl halides is 3. The molecule has 1 N–H and O–H groups in total. The predicted octanol–water partition coefficient (Wildman–Crippen LogP) is 9.71. The number of carbonyl (C=O) groups excluding carboxylic acids is 2. The Kier molecular flexibility index (Phi) is 14.2. The number of ether oxygens (including phenoxy) is 1. The van der Waals surface area contributed by atoms with Gasteiger partial charge in [0.25, 0.3) is 5.24 Å². The highest BCUT2D eigenvalue weighted by molar-refractivity contribution is 9.10. The molecule has 0 amide bonds. The van der Waals surface area contributed by atoms with Gasteiger partial charge in [-0.2, -0.15) is 13.2 Å². The molecule has 1 saturated heterocycles. The zero-order chi connectivity index (χ0) is 40.8. The van der Waals surface area contributed by atoms with Crippen molar-refractivity contribution in [1.82, 2.24) is 10.3 Å². The minimum absolute atomic E-state index is 0.256. The van der Waals surface area contributed by atoms with Gasteiger partial charge in [0.15, 0.2) is 0 Å². The zero-order valence-corrected chi connectivity index (χ0v) is 34.3. The number of carbonyl (C=O) groups is 2. The van der Waals surface area contributed by atoms with Gasteiger partial charge in [-0.05, 0) is 118 Å². The molecular formula is C41H44BBrClF3N2O6. The van der Waals surface area contributed by atoms with Gasteiger partial charge in [0.05, 0.1) is 30.3 Å². The Morgan fingerprint density at radius 2 is 1.58 bits per heavy atom. The number of methoxy groups -OCH3 is 1. The molecule has 2 aromatic heterocycles. The summed E-state index contributed by atoms with van der Waals surface area (Å²) in [5, 5.41) is 4.40. The number of hydrogen-bond donors (Lipinski definition) is 1. The Morgan fingerprint density at radius 3 is 2.16 bits per heavy atom. The number of aryl methyl sites for hydroxylation is 1. The van der Waals surface area contributed by atoms with Crippen LogP contribution in [0.5, 0.6) is 0 Å². The average Bonchev–Trinajstić information content (AvgIpc) is 3.70. The van der Waals surface area contributed by atoms with E-state index in [0.29, 0.717) is 12.1 Å². The Morgan fingerprint density at radius 1 is 0.927 bits per heavy atom. The number of benzene rings is 3. The van der Waals surface area contributed by atoms with Gasteiger partial charge in [-0.3, -0.25) is 14.6 Å². The number of rotatable bonds is 8. The van der Waals surface area contributed by atoms with E-state index in [-0.39, 0.29) is 29.5 Å². The highest BCUT2D eigenvalue weighted by atomic mass is 79.9. The molecule has 0 bridgehead atoms. The van der Waals surface area contributed by atoms with Crippen LogP contribution in [0.1, 0.15) is 80.1 Å². The van der Waals surface area contributed by atoms with E-state index in [1.807, 2.05) is 109 Å². The van der Waals surface area contributed by atoms with Crippen molar-refractivity contribution in [3.8, 4) is 0 Å². The first-order chi connectivity index (χ1) is 25.7. The SMILES string of the molecule is COC(=O)C(C)(C)c1cccc(B2OC(C)(C)C(C)(C)O2)c1.Cc1ccc2cnccc2c1C(=O)Cl.FC(F)(F)c1ccc(CNCc2ccc(Br)cc2)o1. The molecule has 0 atom stereocenters. The Bertz CT molecular complexity index is 2090. The van der Waals surface area contributed by atoms with E-state index in [4.69, 9.17) is 30.1 Å². The number of halogens is 5. The molecule has 1 aliphatic heterocycles. The molecule has 0 aliphatic carbocycles. The van der Waals surface area contributed by atoms with Crippen LogP contribution in [0.15, 0.2) is 100 Å². The maximum absolute atomic E-state index is 12.3. The van der Waals surface area contributed by atoms with Crippen molar-refractivity contribution in [2.75, 3.05) is 7.11 Å². The van der Waals surface area contributed by atoms with Crippen molar-refractivity contribution in [2.45, 2.75) is 84.3 Å². The number of esters is 1. The minimum atomic E-state index is -4.43. The molecule has 55 heavy (non-hydrogen) atoms. The fraction of sp³-hybridized carbons (Fsp3) is 0.341. The average molecular weight is 844 g/mol. The molecule has 0 radical (unpaired) electrons. The van der Waals surface area contributed by atoms with Crippen LogP contribution in [-0.2, 0) is 43.5 Å². The van der Waals surface area contributed by atoms with Gasteiger partial charge in [-0.25, -0.2) is 0 Å². The second-order valence-corrected chi connectivity index (χ2v) is 15.7. The highest BCUT2D eigenvalue weighted by Gasteiger charge is 2.52. The van der Waals surface area contributed by atoms with E-state index in [9.17, 15) is 22.8 Å². The molecule has 0 saturated carbocycles. The van der Waals surface area contributed by atoms with Crippen molar-refractivity contribution in [1.29, 1.82) is 0 Å². The van der Waals surface area contributed by atoms with Crippen molar-refractivity contribution >= 4 is 62.1 Å². The number of furan rings is 1. The largest absolute Gasteiger partial charge is 0.494 e. The first-order valence-electron chi connectivity index (χ1n) is 17.3. The molecule has 14 heteroatoms. The monoisotopic (exact) mass is 842 g/mol. The van der Waals surface area contributed by atoms with Crippen LogP contribution in [0.3, 0.4) is 0 Å². The molecule has 0 spiro atoms. The molecule has 5 aromatic rings. The van der Waals surface area contributed by atoms with Gasteiger partial charge in [0.1, 0.15) is 5.76 Å². The van der Waals surface area contributed by atoms with E-state index < -0.39 is 29.7 Å². The maximum atomic E-state index is 12.3. The summed E-state index contributed by atoms with van der Waals surface area (Å²) in [5.74, 6) is -0.962. The van der Waals surface area contributed by atoms with Crippen LogP contribution in [0.4, 0.5) is 13.2 Å². The van der Waals surface area contributed by atoms with Crippen LogP contribution in [0.2, 0.25) is 0 Å². The van der Waals surface area contributed by atoms with Crippen LogP contribution < -0.4 is 10.8 Å². The topological polar surface area (TPSA) is 99.9 Å². The lowest BCUT2D eigenvalue weighted by Crippen LogP contribution is -2.41. The second kappa shape index (κ2) is 17.9. The van der Waals surface area contributed by atoms with Crippen LogP contribution in [0, 0.1) is 6.92 Å². The smallest absolute Gasteiger partial charge is 0.468 e. The van der Waals surface area contributed by atoms with Gasteiger partial charge in [-0.15, -0.1) is 0 Å². The zero-order valence-electron chi connectivity index (χ0n) is 31.9. The number of aromatic nitrogens is 1. The van der Waals surface area contributed by atoms with Crippen molar-refractivity contribution < 1.29 is 41.2 Å². The van der Waals surface area contributed by atoms with Crippen LogP contribution in [0.25, 0.3) is 10.8 Å². The molecule has 6 rings (SSSR count). The molecule has 1 fully saturated rings. The van der Waals surface area contributed by atoms with Crippen LogP contribution in [-0.4, -0.2) is 41.6 Å². The standard InChI is InChI=1S/C17H25BO4.C13H11BrF3NO.C11H8ClNO/c1-15(2,14(19)20-7)12-9-8-10-13(11-12)18-21-16(3,4)17(5,6)22-18;14-10-3-1-9(2-4-10)7-18-8-11-5-6-12(19-11)13(15,16)17;1-7-2-3-8-6-13-5-4-9(8)10(7)11(12)14/h8-11H,1-7H3;1-6,18H,7-8H2;2-6H,1H3. The third-order valence-electron chi connectivity index (χ3n) is 9.54. The number of nitrogens with one attached hydrogen (secondary N) is 1. The molecular weight excluding hydrogens is 800 g/mol. The summed E-state index contributed by atoms with van der Waals surface area (Å²) < 4.78 is 59.6.